The molecule has 0 radical (unpaired) electrons. The smallest absolute Gasteiger partial charge is 0.320 e. The molecule has 0 aromatic heterocycles. The highest BCUT2D eigenvalue weighted by molar-refractivity contribution is 6.31. The molecule has 0 bridgehead atoms. The highest BCUT2D eigenvalue weighted by atomic mass is 35.5. The van der Waals surface area contributed by atoms with E-state index in [2.05, 4.69) is 22.5 Å². The largest absolute Gasteiger partial charge is 0.495 e. The predicted octanol–water partition coefficient (Wildman–Crippen LogP) is 2.62. The van der Waals surface area contributed by atoms with Crippen molar-refractivity contribution < 1.29 is 14.3 Å². The fraction of sp³-hybridized carbons (Fsp3) is 0.111. The zero-order valence-electron chi connectivity index (χ0n) is 13.4. The van der Waals surface area contributed by atoms with Crippen molar-refractivity contribution in [2.24, 2.45) is 5.73 Å². The van der Waals surface area contributed by atoms with E-state index in [1.54, 1.807) is 42.5 Å². The molecular formula is C18H16ClN3O3. The molecular weight excluding hydrogens is 342 g/mol. The van der Waals surface area contributed by atoms with Crippen LogP contribution in [0, 0.1) is 11.8 Å². The quantitative estimate of drug-likeness (QED) is 0.734. The maximum Gasteiger partial charge on any atom is 0.320 e. The van der Waals surface area contributed by atoms with Crippen LogP contribution in [0.15, 0.2) is 42.5 Å². The van der Waals surface area contributed by atoms with Crippen LogP contribution >= 0.6 is 11.6 Å². The summed E-state index contributed by atoms with van der Waals surface area (Å²) >= 11 is 5.90. The molecule has 2 aromatic rings. The van der Waals surface area contributed by atoms with E-state index in [0.717, 1.165) is 0 Å². The van der Waals surface area contributed by atoms with E-state index in [1.807, 2.05) is 0 Å². The van der Waals surface area contributed by atoms with Crippen molar-refractivity contribution in [3.63, 3.8) is 0 Å². The standard InChI is InChI=1S/C18H16ClN3O3/c1-25-16-9-8-14(19)11-15(16)22-18(24)21-10-2-3-12-4-6-13(7-5-12)17(20)23/h4-9,11H,10H2,1H3,(H2,20,23)(H2,21,22,24). The molecule has 0 aliphatic rings. The lowest BCUT2D eigenvalue weighted by Gasteiger charge is -2.10. The van der Waals surface area contributed by atoms with Gasteiger partial charge in [-0.05, 0) is 42.5 Å². The summed E-state index contributed by atoms with van der Waals surface area (Å²) in [4.78, 5) is 22.9. The highest BCUT2D eigenvalue weighted by Crippen LogP contribution is 2.27. The van der Waals surface area contributed by atoms with E-state index in [1.165, 1.54) is 7.11 Å². The van der Waals surface area contributed by atoms with Crippen LogP contribution in [0.1, 0.15) is 15.9 Å². The Morgan fingerprint density at radius 1 is 1.20 bits per heavy atom. The van der Waals surface area contributed by atoms with Gasteiger partial charge in [-0.2, -0.15) is 0 Å². The summed E-state index contributed by atoms with van der Waals surface area (Å²) in [6.07, 6.45) is 0. The van der Waals surface area contributed by atoms with Gasteiger partial charge in [0.15, 0.2) is 0 Å². The zero-order valence-corrected chi connectivity index (χ0v) is 14.2. The van der Waals surface area contributed by atoms with Gasteiger partial charge in [0.05, 0.1) is 19.3 Å². The van der Waals surface area contributed by atoms with Gasteiger partial charge in [0, 0.05) is 16.1 Å². The molecule has 6 nitrogen and oxygen atoms in total. The van der Waals surface area contributed by atoms with Gasteiger partial charge in [-0.25, -0.2) is 4.79 Å². The summed E-state index contributed by atoms with van der Waals surface area (Å²) in [7, 11) is 1.50. The number of hydrogen-bond donors (Lipinski definition) is 3. The maximum atomic E-state index is 11.9. The molecule has 7 heteroatoms. The molecule has 0 spiro atoms. The molecule has 0 aliphatic heterocycles. The number of carbonyl (C=O) groups excluding carboxylic acids is 2. The van der Waals surface area contributed by atoms with Crippen molar-refractivity contribution >= 4 is 29.2 Å². The van der Waals surface area contributed by atoms with Crippen molar-refractivity contribution in [1.29, 1.82) is 0 Å². The fourth-order valence-corrected chi connectivity index (χ4v) is 2.11. The lowest BCUT2D eigenvalue weighted by molar-refractivity contribution is 0.100. The number of anilines is 1. The van der Waals surface area contributed by atoms with Gasteiger partial charge in [-0.1, -0.05) is 23.4 Å². The first-order valence-electron chi connectivity index (χ1n) is 7.26. The van der Waals surface area contributed by atoms with E-state index in [4.69, 9.17) is 22.1 Å². The average molecular weight is 358 g/mol. The molecule has 0 unspecified atom stereocenters. The zero-order chi connectivity index (χ0) is 18.2. The molecule has 0 saturated heterocycles. The third kappa shape index (κ3) is 5.44. The summed E-state index contributed by atoms with van der Waals surface area (Å²) < 4.78 is 5.15. The van der Waals surface area contributed by atoms with E-state index >= 15 is 0 Å². The number of rotatable bonds is 4. The van der Waals surface area contributed by atoms with Gasteiger partial charge in [0.1, 0.15) is 5.75 Å². The Kier molecular flexibility index (Phi) is 6.26. The van der Waals surface area contributed by atoms with E-state index in [0.29, 0.717) is 27.6 Å². The summed E-state index contributed by atoms with van der Waals surface area (Å²) in [5, 5.41) is 5.73. The maximum absolute atomic E-state index is 11.9. The number of hydrogen-bond acceptors (Lipinski definition) is 3. The van der Waals surface area contributed by atoms with Crippen LogP contribution < -0.4 is 21.1 Å². The topological polar surface area (TPSA) is 93.4 Å². The number of halogens is 1. The Morgan fingerprint density at radius 2 is 1.92 bits per heavy atom. The monoisotopic (exact) mass is 357 g/mol. The molecule has 2 aromatic carbocycles. The molecule has 4 N–H and O–H groups in total. The normalized spacial score (nSPS) is 9.52. The van der Waals surface area contributed by atoms with E-state index in [9.17, 15) is 9.59 Å². The predicted molar refractivity (Wildman–Crippen MR) is 96.9 cm³/mol. The summed E-state index contributed by atoms with van der Waals surface area (Å²) in [5.41, 5.74) is 6.75. The van der Waals surface area contributed by atoms with Gasteiger partial charge in [0.2, 0.25) is 5.91 Å². The number of carbonyl (C=O) groups is 2. The van der Waals surface area contributed by atoms with Crippen LogP contribution in [-0.4, -0.2) is 25.6 Å². The number of amides is 3. The Morgan fingerprint density at radius 3 is 2.56 bits per heavy atom. The highest BCUT2D eigenvalue weighted by Gasteiger charge is 2.07. The lowest BCUT2D eigenvalue weighted by Crippen LogP contribution is -2.29. The molecule has 0 aliphatic carbocycles. The first kappa shape index (κ1) is 18.2. The van der Waals surface area contributed by atoms with Crippen LogP contribution in [0.2, 0.25) is 5.02 Å². The van der Waals surface area contributed by atoms with Crippen molar-refractivity contribution in [1.82, 2.24) is 5.32 Å². The van der Waals surface area contributed by atoms with Gasteiger partial charge >= 0.3 is 6.03 Å². The molecule has 3 amide bonds. The summed E-state index contributed by atoms with van der Waals surface area (Å²) in [6, 6.07) is 11.0. The summed E-state index contributed by atoms with van der Waals surface area (Å²) in [5.74, 6) is 5.69. The number of ether oxygens (including phenoxy) is 1. The average Bonchev–Trinajstić information content (AvgIpc) is 2.59. The Labute approximate surface area is 150 Å². The minimum Gasteiger partial charge on any atom is -0.495 e. The van der Waals surface area contributed by atoms with Gasteiger partial charge in [-0.3, -0.25) is 4.79 Å². The second kappa shape index (κ2) is 8.62. The van der Waals surface area contributed by atoms with Gasteiger partial charge in [-0.15, -0.1) is 0 Å². The second-order valence-electron chi connectivity index (χ2n) is 4.90. The second-order valence-corrected chi connectivity index (χ2v) is 5.33. The van der Waals surface area contributed by atoms with Crippen molar-refractivity contribution in [2.45, 2.75) is 0 Å². The number of benzene rings is 2. The molecule has 2 rings (SSSR count). The fourth-order valence-electron chi connectivity index (χ4n) is 1.93. The Bertz CT molecular complexity index is 839. The number of nitrogens with two attached hydrogens (primary N) is 1. The van der Waals surface area contributed by atoms with Crippen LogP contribution in [-0.2, 0) is 0 Å². The van der Waals surface area contributed by atoms with Crippen LogP contribution in [0.5, 0.6) is 5.75 Å². The van der Waals surface area contributed by atoms with Crippen molar-refractivity contribution in [3.05, 3.63) is 58.6 Å². The van der Waals surface area contributed by atoms with Gasteiger partial charge in [0.25, 0.3) is 0 Å². The van der Waals surface area contributed by atoms with Crippen molar-refractivity contribution in [2.75, 3.05) is 19.0 Å². The molecule has 0 heterocycles. The number of nitrogens with one attached hydrogen (secondary N) is 2. The van der Waals surface area contributed by atoms with Crippen LogP contribution in [0.4, 0.5) is 10.5 Å². The summed E-state index contributed by atoms with van der Waals surface area (Å²) in [6.45, 7) is 0.145. The first-order chi connectivity index (χ1) is 12.0. The van der Waals surface area contributed by atoms with Crippen LogP contribution in [0.25, 0.3) is 0 Å². The minimum atomic E-state index is -0.491. The molecule has 0 atom stereocenters. The molecule has 128 valence electrons. The third-order valence-corrected chi connectivity index (χ3v) is 3.38. The van der Waals surface area contributed by atoms with Crippen molar-refractivity contribution in [3.8, 4) is 17.6 Å². The first-order valence-corrected chi connectivity index (χ1v) is 7.64. The SMILES string of the molecule is COc1ccc(Cl)cc1NC(=O)NCC#Cc1ccc(C(N)=O)cc1. The number of primary amides is 1. The lowest BCUT2D eigenvalue weighted by atomic mass is 10.1. The van der Waals surface area contributed by atoms with E-state index in [-0.39, 0.29) is 6.54 Å². The van der Waals surface area contributed by atoms with Gasteiger partial charge < -0.3 is 21.1 Å². The van der Waals surface area contributed by atoms with Crippen LogP contribution in [0.3, 0.4) is 0 Å². The Balaban J connectivity index is 1.89. The molecule has 0 fully saturated rings. The number of methoxy groups -OCH3 is 1. The molecule has 0 saturated carbocycles. The van der Waals surface area contributed by atoms with E-state index < -0.39 is 11.9 Å². The number of urea groups is 1. The third-order valence-electron chi connectivity index (χ3n) is 3.15. The molecule has 25 heavy (non-hydrogen) atoms. The minimum absolute atomic E-state index is 0.145. The Hall–Kier alpha value is -3.17.